The number of nitrogens with zero attached hydrogens (tertiary/aromatic N) is 1. The first kappa shape index (κ1) is 16.0. The molecule has 24 heavy (non-hydrogen) atoms. The van der Waals surface area contributed by atoms with Crippen LogP contribution >= 0.6 is 0 Å². The molecule has 0 radical (unpaired) electrons. The third-order valence-corrected chi connectivity index (χ3v) is 3.98. The average Bonchev–Trinajstić information content (AvgIpc) is 2.82. The SMILES string of the molecule is C=C1c2ccccc2C(=O)N1CC(=O)Nc1ccc(CCO)cc1. The molecule has 2 aromatic carbocycles. The molecule has 2 N–H and O–H groups in total. The van der Waals surface area contributed by atoms with E-state index in [-0.39, 0.29) is 25.0 Å². The Kier molecular flexibility index (Phi) is 4.44. The molecule has 1 aliphatic heterocycles. The van der Waals surface area contributed by atoms with E-state index in [1.807, 2.05) is 24.3 Å². The van der Waals surface area contributed by atoms with Gasteiger partial charge < -0.3 is 10.4 Å². The van der Waals surface area contributed by atoms with E-state index in [4.69, 9.17) is 5.11 Å². The molecule has 122 valence electrons. The summed E-state index contributed by atoms with van der Waals surface area (Å²) in [5.41, 5.74) is 3.53. The Morgan fingerprint density at radius 1 is 1.08 bits per heavy atom. The Morgan fingerprint density at radius 3 is 2.38 bits per heavy atom. The number of carbonyl (C=O) groups is 2. The van der Waals surface area contributed by atoms with Crippen molar-refractivity contribution in [3.63, 3.8) is 0 Å². The highest BCUT2D eigenvalue weighted by atomic mass is 16.3. The first-order chi connectivity index (χ1) is 11.6. The van der Waals surface area contributed by atoms with Gasteiger partial charge in [0.25, 0.3) is 5.91 Å². The van der Waals surface area contributed by atoms with E-state index in [0.717, 1.165) is 11.1 Å². The molecule has 5 heteroatoms. The fourth-order valence-corrected chi connectivity index (χ4v) is 2.73. The van der Waals surface area contributed by atoms with Gasteiger partial charge in [-0.1, -0.05) is 36.9 Å². The molecule has 5 nitrogen and oxygen atoms in total. The van der Waals surface area contributed by atoms with E-state index in [2.05, 4.69) is 11.9 Å². The smallest absolute Gasteiger partial charge is 0.259 e. The van der Waals surface area contributed by atoms with Crippen molar-refractivity contribution in [1.82, 2.24) is 4.90 Å². The zero-order chi connectivity index (χ0) is 17.1. The highest BCUT2D eigenvalue weighted by molar-refractivity contribution is 6.11. The second-order valence-electron chi connectivity index (χ2n) is 5.60. The van der Waals surface area contributed by atoms with Gasteiger partial charge in [0.05, 0.1) is 0 Å². The van der Waals surface area contributed by atoms with Gasteiger partial charge in [-0.2, -0.15) is 0 Å². The molecule has 0 fully saturated rings. The molecular weight excluding hydrogens is 304 g/mol. The van der Waals surface area contributed by atoms with E-state index >= 15 is 0 Å². The van der Waals surface area contributed by atoms with Crippen molar-refractivity contribution in [2.45, 2.75) is 6.42 Å². The van der Waals surface area contributed by atoms with Gasteiger partial charge in [0.15, 0.2) is 0 Å². The van der Waals surface area contributed by atoms with E-state index in [1.165, 1.54) is 4.90 Å². The molecule has 3 rings (SSSR count). The Hall–Kier alpha value is -2.92. The molecular formula is C19H18N2O3. The molecule has 0 bridgehead atoms. The Bertz CT molecular complexity index is 762. The second kappa shape index (κ2) is 6.68. The van der Waals surface area contributed by atoms with E-state index in [0.29, 0.717) is 23.4 Å². The van der Waals surface area contributed by atoms with E-state index < -0.39 is 0 Å². The van der Waals surface area contributed by atoms with Gasteiger partial charge in [-0.15, -0.1) is 0 Å². The third kappa shape index (κ3) is 3.07. The lowest BCUT2D eigenvalue weighted by atomic mass is 10.1. The van der Waals surface area contributed by atoms with Crippen molar-refractivity contribution in [3.8, 4) is 0 Å². The number of aliphatic hydroxyl groups is 1. The van der Waals surface area contributed by atoms with Crippen LogP contribution in [0, 0.1) is 0 Å². The van der Waals surface area contributed by atoms with Gasteiger partial charge in [-0.3, -0.25) is 14.5 Å². The summed E-state index contributed by atoms with van der Waals surface area (Å²) in [6, 6.07) is 14.4. The number of benzene rings is 2. The van der Waals surface area contributed by atoms with Crippen LogP contribution in [0.15, 0.2) is 55.1 Å². The lowest BCUT2D eigenvalue weighted by molar-refractivity contribution is -0.116. The van der Waals surface area contributed by atoms with Gasteiger partial charge in [0, 0.05) is 29.1 Å². The Labute approximate surface area is 140 Å². The predicted octanol–water partition coefficient (Wildman–Crippen LogP) is 2.29. The molecule has 0 unspecified atom stereocenters. The van der Waals surface area contributed by atoms with Crippen LogP contribution in [0.1, 0.15) is 21.5 Å². The highest BCUT2D eigenvalue weighted by Crippen LogP contribution is 2.30. The zero-order valence-electron chi connectivity index (χ0n) is 13.2. The topological polar surface area (TPSA) is 69.6 Å². The maximum absolute atomic E-state index is 12.4. The van der Waals surface area contributed by atoms with Crippen molar-refractivity contribution in [2.24, 2.45) is 0 Å². The molecule has 2 aromatic rings. The summed E-state index contributed by atoms with van der Waals surface area (Å²) in [6.45, 7) is 3.93. The molecule has 0 aliphatic carbocycles. The van der Waals surface area contributed by atoms with Crippen LogP contribution in [-0.4, -0.2) is 35.0 Å². The van der Waals surface area contributed by atoms with Crippen LogP contribution in [0.5, 0.6) is 0 Å². The van der Waals surface area contributed by atoms with Crippen molar-refractivity contribution < 1.29 is 14.7 Å². The quantitative estimate of drug-likeness (QED) is 0.887. The van der Waals surface area contributed by atoms with Gasteiger partial charge in [0.1, 0.15) is 6.54 Å². The minimum atomic E-state index is -0.285. The Morgan fingerprint density at radius 2 is 1.75 bits per heavy atom. The van der Waals surface area contributed by atoms with E-state index in [9.17, 15) is 9.59 Å². The summed E-state index contributed by atoms with van der Waals surface area (Å²) < 4.78 is 0. The molecule has 1 heterocycles. The lowest BCUT2D eigenvalue weighted by Gasteiger charge is -2.17. The van der Waals surface area contributed by atoms with Gasteiger partial charge in [0.2, 0.25) is 5.91 Å². The minimum absolute atomic E-state index is 0.0786. The second-order valence-corrected chi connectivity index (χ2v) is 5.60. The summed E-state index contributed by atoms with van der Waals surface area (Å²) in [7, 11) is 0. The highest BCUT2D eigenvalue weighted by Gasteiger charge is 2.31. The summed E-state index contributed by atoms with van der Waals surface area (Å²) in [4.78, 5) is 26.0. The summed E-state index contributed by atoms with van der Waals surface area (Å²) in [5, 5.41) is 11.7. The third-order valence-electron chi connectivity index (χ3n) is 3.98. The maximum atomic E-state index is 12.4. The van der Waals surface area contributed by atoms with Crippen LogP contribution in [0.4, 0.5) is 5.69 Å². The largest absolute Gasteiger partial charge is 0.396 e. The molecule has 0 atom stereocenters. The fourth-order valence-electron chi connectivity index (χ4n) is 2.73. The number of aliphatic hydroxyl groups excluding tert-OH is 1. The molecule has 0 saturated carbocycles. The van der Waals surface area contributed by atoms with Crippen molar-refractivity contribution >= 4 is 23.2 Å². The van der Waals surface area contributed by atoms with Crippen molar-refractivity contribution in [1.29, 1.82) is 0 Å². The lowest BCUT2D eigenvalue weighted by Crippen LogP contribution is -2.32. The maximum Gasteiger partial charge on any atom is 0.259 e. The summed E-state index contributed by atoms with van der Waals surface area (Å²) in [6.07, 6.45) is 0.578. The van der Waals surface area contributed by atoms with Crippen LogP contribution < -0.4 is 5.32 Å². The van der Waals surface area contributed by atoms with Crippen LogP contribution in [0.2, 0.25) is 0 Å². The molecule has 0 aromatic heterocycles. The Balaban J connectivity index is 1.65. The number of fused-ring (bicyclic) bond motifs is 1. The summed E-state index contributed by atoms with van der Waals surface area (Å²) in [5.74, 6) is -0.490. The molecule has 0 spiro atoms. The van der Waals surface area contributed by atoms with Gasteiger partial charge in [-0.05, 0) is 30.2 Å². The monoisotopic (exact) mass is 322 g/mol. The number of amides is 2. The van der Waals surface area contributed by atoms with Crippen LogP contribution in [0.25, 0.3) is 5.70 Å². The number of hydrogen-bond acceptors (Lipinski definition) is 3. The van der Waals surface area contributed by atoms with Crippen LogP contribution in [-0.2, 0) is 11.2 Å². The molecule has 2 amide bonds. The van der Waals surface area contributed by atoms with Gasteiger partial charge >= 0.3 is 0 Å². The number of hydrogen-bond donors (Lipinski definition) is 2. The normalized spacial score (nSPS) is 13.1. The van der Waals surface area contributed by atoms with Crippen molar-refractivity contribution in [2.75, 3.05) is 18.5 Å². The fraction of sp³-hybridized carbons (Fsp3) is 0.158. The number of rotatable bonds is 5. The van der Waals surface area contributed by atoms with Crippen molar-refractivity contribution in [3.05, 3.63) is 71.8 Å². The number of nitrogens with one attached hydrogen (secondary N) is 1. The van der Waals surface area contributed by atoms with Gasteiger partial charge in [-0.25, -0.2) is 0 Å². The number of anilines is 1. The minimum Gasteiger partial charge on any atom is -0.396 e. The average molecular weight is 322 g/mol. The first-order valence-corrected chi connectivity index (χ1v) is 7.70. The molecule has 1 aliphatic rings. The predicted molar refractivity (Wildman–Crippen MR) is 92.4 cm³/mol. The first-order valence-electron chi connectivity index (χ1n) is 7.70. The zero-order valence-corrected chi connectivity index (χ0v) is 13.2. The standard InChI is InChI=1S/C19H18N2O3/c1-13-16-4-2-3-5-17(16)19(24)21(13)12-18(23)20-15-8-6-14(7-9-15)10-11-22/h2-9,22H,1,10-12H2,(H,20,23). The summed E-state index contributed by atoms with van der Waals surface area (Å²) >= 11 is 0. The molecule has 0 saturated heterocycles. The van der Waals surface area contributed by atoms with E-state index in [1.54, 1.807) is 24.3 Å². The number of carbonyl (C=O) groups excluding carboxylic acids is 2. The van der Waals surface area contributed by atoms with Crippen LogP contribution in [0.3, 0.4) is 0 Å².